The van der Waals surface area contributed by atoms with Gasteiger partial charge in [-0.2, -0.15) is 0 Å². The second-order valence-corrected chi connectivity index (χ2v) is 5.98. The van der Waals surface area contributed by atoms with Crippen LogP contribution >= 0.6 is 27.7 Å². The van der Waals surface area contributed by atoms with Gasteiger partial charge in [-0.1, -0.05) is 22.0 Å². The minimum Gasteiger partial charge on any atom is -0.472 e. The van der Waals surface area contributed by atoms with E-state index in [1.54, 1.807) is 24.3 Å². The Bertz CT molecular complexity index is 476. The normalized spacial score (nSPS) is 12.6. The molecule has 0 radical (unpaired) electrons. The van der Waals surface area contributed by atoms with Crippen LogP contribution in [0.5, 0.6) is 0 Å². The van der Waals surface area contributed by atoms with E-state index < -0.39 is 0 Å². The third kappa shape index (κ3) is 4.17. The summed E-state index contributed by atoms with van der Waals surface area (Å²) in [5.41, 5.74) is 4.01. The number of hydrogen-bond acceptors (Lipinski definition) is 4. The van der Waals surface area contributed by atoms with Crippen LogP contribution in [0.2, 0.25) is 0 Å². The maximum Gasteiger partial charge on any atom is 0.0935 e. The SMILES string of the molecule is NNC(CSc1cccc(Br)c1)Cc1ccoc1. The molecule has 0 bridgehead atoms. The average molecular weight is 327 g/mol. The van der Waals surface area contributed by atoms with Gasteiger partial charge in [-0.05, 0) is 36.2 Å². The fourth-order valence-electron chi connectivity index (χ4n) is 1.61. The summed E-state index contributed by atoms with van der Waals surface area (Å²) in [6.07, 6.45) is 4.31. The quantitative estimate of drug-likeness (QED) is 0.486. The predicted molar refractivity (Wildman–Crippen MR) is 78.4 cm³/mol. The van der Waals surface area contributed by atoms with Crippen molar-refractivity contribution in [3.8, 4) is 0 Å². The Labute approximate surface area is 119 Å². The Morgan fingerprint density at radius 1 is 1.39 bits per heavy atom. The van der Waals surface area contributed by atoms with E-state index in [2.05, 4.69) is 33.5 Å². The van der Waals surface area contributed by atoms with Gasteiger partial charge in [0.1, 0.15) is 0 Å². The van der Waals surface area contributed by atoms with Crippen molar-refractivity contribution >= 4 is 27.7 Å². The lowest BCUT2D eigenvalue weighted by atomic mass is 10.1. The molecule has 5 heteroatoms. The first-order valence-corrected chi connectivity index (χ1v) is 7.41. The summed E-state index contributed by atoms with van der Waals surface area (Å²) in [6.45, 7) is 0. The van der Waals surface area contributed by atoms with E-state index in [0.717, 1.165) is 22.2 Å². The number of nitrogens with one attached hydrogen (secondary N) is 1. The lowest BCUT2D eigenvalue weighted by molar-refractivity contribution is 0.548. The minimum absolute atomic E-state index is 0.228. The fraction of sp³-hybridized carbons (Fsp3) is 0.231. The molecule has 0 aliphatic heterocycles. The molecule has 2 rings (SSSR count). The maximum atomic E-state index is 5.58. The molecule has 0 aliphatic carbocycles. The van der Waals surface area contributed by atoms with Crippen molar-refractivity contribution in [2.75, 3.05) is 5.75 Å². The van der Waals surface area contributed by atoms with Gasteiger partial charge in [-0.15, -0.1) is 11.8 Å². The van der Waals surface area contributed by atoms with Gasteiger partial charge in [-0.3, -0.25) is 11.3 Å². The molecule has 1 aromatic heterocycles. The van der Waals surface area contributed by atoms with Crippen molar-refractivity contribution in [2.45, 2.75) is 17.4 Å². The van der Waals surface area contributed by atoms with E-state index in [4.69, 9.17) is 10.3 Å². The fourth-order valence-corrected chi connectivity index (χ4v) is 3.16. The van der Waals surface area contributed by atoms with E-state index in [1.807, 2.05) is 18.2 Å². The van der Waals surface area contributed by atoms with Crippen LogP contribution in [0.15, 0.2) is 56.6 Å². The molecule has 0 fully saturated rings. The highest BCUT2D eigenvalue weighted by atomic mass is 79.9. The number of hydrogen-bond donors (Lipinski definition) is 2. The summed E-state index contributed by atoms with van der Waals surface area (Å²) in [4.78, 5) is 1.23. The van der Waals surface area contributed by atoms with E-state index in [-0.39, 0.29) is 6.04 Å². The zero-order valence-corrected chi connectivity index (χ0v) is 12.2. The van der Waals surface area contributed by atoms with Crippen LogP contribution in [0.4, 0.5) is 0 Å². The molecule has 0 saturated carbocycles. The van der Waals surface area contributed by atoms with Crippen molar-refractivity contribution in [3.05, 3.63) is 52.9 Å². The summed E-state index contributed by atoms with van der Waals surface area (Å²) in [5, 5.41) is 0. The molecule has 1 aromatic carbocycles. The van der Waals surface area contributed by atoms with Crippen LogP contribution in [0, 0.1) is 0 Å². The third-order valence-electron chi connectivity index (χ3n) is 2.55. The highest BCUT2D eigenvalue weighted by Crippen LogP contribution is 2.23. The Balaban J connectivity index is 1.87. The maximum absolute atomic E-state index is 5.58. The summed E-state index contributed by atoms with van der Waals surface area (Å²) in [7, 11) is 0. The molecule has 0 saturated heterocycles. The number of nitrogens with two attached hydrogens (primary N) is 1. The van der Waals surface area contributed by atoms with Crippen LogP contribution < -0.4 is 11.3 Å². The van der Waals surface area contributed by atoms with Gasteiger partial charge in [0.2, 0.25) is 0 Å². The molecule has 18 heavy (non-hydrogen) atoms. The average Bonchev–Trinajstić information content (AvgIpc) is 2.87. The minimum atomic E-state index is 0.228. The van der Waals surface area contributed by atoms with Gasteiger partial charge < -0.3 is 4.42 Å². The van der Waals surface area contributed by atoms with Gasteiger partial charge in [0.05, 0.1) is 12.5 Å². The van der Waals surface area contributed by atoms with Crippen LogP contribution in [0.25, 0.3) is 0 Å². The highest BCUT2D eigenvalue weighted by molar-refractivity contribution is 9.10. The Morgan fingerprint density at radius 3 is 2.94 bits per heavy atom. The molecule has 3 nitrogen and oxygen atoms in total. The van der Waals surface area contributed by atoms with Crippen molar-refractivity contribution in [2.24, 2.45) is 5.84 Å². The largest absolute Gasteiger partial charge is 0.472 e. The van der Waals surface area contributed by atoms with E-state index in [9.17, 15) is 0 Å². The zero-order chi connectivity index (χ0) is 12.8. The van der Waals surface area contributed by atoms with Gasteiger partial charge in [0.25, 0.3) is 0 Å². The second kappa shape index (κ2) is 6.99. The molecule has 0 aliphatic rings. The standard InChI is InChI=1S/C13H15BrN2OS/c14-11-2-1-3-13(7-11)18-9-12(16-15)6-10-4-5-17-8-10/h1-5,7-8,12,16H,6,9,15H2. The van der Waals surface area contributed by atoms with Gasteiger partial charge in [-0.25, -0.2) is 0 Å². The summed E-state index contributed by atoms with van der Waals surface area (Å²) < 4.78 is 6.15. The van der Waals surface area contributed by atoms with E-state index in [1.165, 1.54) is 4.90 Å². The Hall–Kier alpha value is -0.750. The monoisotopic (exact) mass is 326 g/mol. The third-order valence-corrected chi connectivity index (χ3v) is 4.19. The van der Waals surface area contributed by atoms with Crippen molar-refractivity contribution in [1.29, 1.82) is 0 Å². The van der Waals surface area contributed by atoms with Crippen LogP contribution in [-0.2, 0) is 6.42 Å². The van der Waals surface area contributed by atoms with E-state index >= 15 is 0 Å². The highest BCUT2D eigenvalue weighted by Gasteiger charge is 2.09. The molecule has 1 atom stereocenters. The van der Waals surface area contributed by atoms with Crippen molar-refractivity contribution in [3.63, 3.8) is 0 Å². The molecule has 1 heterocycles. The number of rotatable bonds is 6. The van der Waals surface area contributed by atoms with Gasteiger partial charge >= 0.3 is 0 Å². The summed E-state index contributed by atoms with van der Waals surface area (Å²) >= 11 is 5.25. The topological polar surface area (TPSA) is 51.2 Å². The zero-order valence-electron chi connectivity index (χ0n) is 9.80. The Morgan fingerprint density at radius 2 is 2.28 bits per heavy atom. The molecular formula is C13H15BrN2OS. The molecule has 1 unspecified atom stereocenters. The van der Waals surface area contributed by atoms with Crippen molar-refractivity contribution in [1.82, 2.24) is 5.43 Å². The van der Waals surface area contributed by atoms with Crippen LogP contribution in [-0.4, -0.2) is 11.8 Å². The van der Waals surface area contributed by atoms with E-state index in [0.29, 0.717) is 0 Å². The molecular weight excluding hydrogens is 312 g/mol. The number of halogens is 1. The first kappa shape index (κ1) is 13.7. The smallest absolute Gasteiger partial charge is 0.0935 e. The number of thioether (sulfide) groups is 1. The van der Waals surface area contributed by atoms with Crippen molar-refractivity contribution < 1.29 is 4.42 Å². The lowest BCUT2D eigenvalue weighted by Gasteiger charge is -2.14. The first-order valence-electron chi connectivity index (χ1n) is 5.63. The first-order chi connectivity index (χ1) is 8.78. The molecule has 3 N–H and O–H groups in total. The Kier molecular flexibility index (Phi) is 5.31. The molecule has 2 aromatic rings. The predicted octanol–water partition coefficient (Wildman–Crippen LogP) is 3.21. The molecule has 96 valence electrons. The molecule has 0 amide bonds. The number of furan rings is 1. The second-order valence-electron chi connectivity index (χ2n) is 3.97. The number of hydrazine groups is 1. The van der Waals surface area contributed by atoms with Gasteiger partial charge in [0.15, 0.2) is 0 Å². The van der Waals surface area contributed by atoms with Gasteiger partial charge in [0, 0.05) is 21.2 Å². The lowest BCUT2D eigenvalue weighted by Crippen LogP contribution is -2.38. The van der Waals surface area contributed by atoms with Crippen LogP contribution in [0.1, 0.15) is 5.56 Å². The summed E-state index contributed by atoms with van der Waals surface area (Å²) in [5.74, 6) is 6.50. The summed E-state index contributed by atoms with van der Waals surface area (Å²) in [6, 6.07) is 10.5. The van der Waals surface area contributed by atoms with Crippen LogP contribution in [0.3, 0.4) is 0 Å². The molecule has 0 spiro atoms. The number of benzene rings is 1.